The third-order valence-electron chi connectivity index (χ3n) is 6.28. The molecule has 42 heavy (non-hydrogen) atoms. The maximum absolute atomic E-state index is 15.5. The summed E-state index contributed by atoms with van der Waals surface area (Å²) >= 11 is 7.20. The summed E-state index contributed by atoms with van der Waals surface area (Å²) < 4.78 is 44.9. The van der Waals surface area contributed by atoms with E-state index in [1.54, 1.807) is 6.92 Å². The van der Waals surface area contributed by atoms with Gasteiger partial charge in [-0.05, 0) is 69.4 Å². The predicted molar refractivity (Wildman–Crippen MR) is 154 cm³/mol. The van der Waals surface area contributed by atoms with Gasteiger partial charge in [0.25, 0.3) is 11.8 Å². The topological polar surface area (TPSA) is 99.2 Å². The van der Waals surface area contributed by atoms with E-state index in [1.807, 2.05) is 6.92 Å². The van der Waals surface area contributed by atoms with Crippen LogP contribution in [0, 0.1) is 11.6 Å². The molecule has 2 aromatic rings. The van der Waals surface area contributed by atoms with Crippen molar-refractivity contribution < 1.29 is 42.2 Å². The number of esters is 2. The first-order chi connectivity index (χ1) is 20.2. The van der Waals surface area contributed by atoms with Crippen LogP contribution in [-0.2, 0) is 28.6 Å². The Bertz CT molecular complexity index is 1350. The Morgan fingerprint density at radius 1 is 0.976 bits per heavy atom. The number of unbranched alkanes of at least 4 members (excludes halogenated alkanes) is 1. The summed E-state index contributed by atoms with van der Waals surface area (Å²) in [5, 5.41) is -0.0507. The van der Waals surface area contributed by atoms with Gasteiger partial charge in [-0.2, -0.15) is 0 Å². The van der Waals surface area contributed by atoms with E-state index in [0.717, 1.165) is 36.4 Å². The van der Waals surface area contributed by atoms with Crippen molar-refractivity contribution in [1.82, 2.24) is 0 Å². The number of halogens is 3. The number of ether oxygens (including phenoxy) is 3. The second kappa shape index (κ2) is 16.4. The highest BCUT2D eigenvalue weighted by atomic mass is 35.5. The lowest BCUT2D eigenvalue weighted by Gasteiger charge is -2.26. The molecule has 0 fully saturated rings. The van der Waals surface area contributed by atoms with Crippen LogP contribution in [0.15, 0.2) is 52.4 Å². The molecule has 0 radical (unpaired) electrons. The quantitative estimate of drug-likeness (QED) is 0.0806. The smallest absolute Gasteiger partial charge is 0.336 e. The lowest BCUT2D eigenvalue weighted by atomic mass is 9.90. The molecule has 0 saturated heterocycles. The van der Waals surface area contributed by atoms with Crippen LogP contribution in [0.2, 0.25) is 5.02 Å². The van der Waals surface area contributed by atoms with Crippen LogP contribution in [0.3, 0.4) is 0 Å². The molecule has 0 atom stereocenters. The maximum Gasteiger partial charge on any atom is 0.336 e. The molecule has 0 unspecified atom stereocenters. The minimum Gasteiger partial charge on any atom is -0.465 e. The zero-order valence-corrected chi connectivity index (χ0v) is 25.0. The van der Waals surface area contributed by atoms with Gasteiger partial charge in [0.15, 0.2) is 6.79 Å². The van der Waals surface area contributed by atoms with Crippen molar-refractivity contribution in [1.29, 1.82) is 0 Å². The number of carbonyl (C=O) groups excluding carboxylic acids is 4. The van der Waals surface area contributed by atoms with E-state index in [9.17, 15) is 23.6 Å². The van der Waals surface area contributed by atoms with Crippen LogP contribution in [0.1, 0.15) is 62.7 Å². The minimum absolute atomic E-state index is 0.0180. The molecular weight excluding hydrogens is 592 g/mol. The Kier molecular flexibility index (Phi) is 13.0. The van der Waals surface area contributed by atoms with Crippen molar-refractivity contribution in [3.8, 4) is 0 Å². The Labute approximate surface area is 252 Å². The van der Waals surface area contributed by atoms with E-state index in [-0.39, 0.29) is 58.6 Å². The largest absolute Gasteiger partial charge is 0.465 e. The van der Waals surface area contributed by atoms with Gasteiger partial charge in [0.2, 0.25) is 0 Å². The number of anilines is 1. The van der Waals surface area contributed by atoms with Crippen molar-refractivity contribution in [2.24, 2.45) is 0 Å². The van der Waals surface area contributed by atoms with Crippen molar-refractivity contribution in [3.63, 3.8) is 0 Å². The Morgan fingerprint density at radius 3 is 2.40 bits per heavy atom. The number of hydrogen-bond acceptors (Lipinski definition) is 8. The molecule has 0 aromatic heterocycles. The van der Waals surface area contributed by atoms with Crippen LogP contribution in [0.25, 0.3) is 0 Å². The van der Waals surface area contributed by atoms with E-state index in [0.29, 0.717) is 30.8 Å². The van der Waals surface area contributed by atoms with Crippen LogP contribution in [0.4, 0.5) is 14.5 Å². The second-order valence-corrected chi connectivity index (χ2v) is 10.7. The monoisotopic (exact) mass is 623 g/mol. The molecule has 0 heterocycles. The molecule has 2 aromatic carbocycles. The number of carbonyl (C=O) groups is 4. The van der Waals surface area contributed by atoms with E-state index >= 15 is 4.39 Å². The SMILES string of the molecule is CCCCOC(=O)CSc1cc(N(C(=O)C2=C(C(=O)OCOCC)CCCC2)C(=O)c2cccc(F)c2)c(F)cc1Cl. The van der Waals surface area contributed by atoms with Gasteiger partial charge in [-0.15, -0.1) is 11.8 Å². The zero-order chi connectivity index (χ0) is 30.6. The molecule has 0 N–H and O–H groups in total. The van der Waals surface area contributed by atoms with E-state index in [4.69, 9.17) is 25.8 Å². The Hall–Kier alpha value is -3.28. The maximum atomic E-state index is 15.5. The van der Waals surface area contributed by atoms with E-state index in [1.165, 1.54) is 18.2 Å². The van der Waals surface area contributed by atoms with Crippen molar-refractivity contribution >= 4 is 52.8 Å². The molecule has 226 valence electrons. The molecule has 2 amide bonds. The standard InChI is InChI=1S/C30H32ClF2NO7S/c1-3-5-13-40-27(35)17-42-26-16-25(24(33)15-23(26)31)34(28(36)19-9-8-10-20(32)14-19)29(37)21-11-6-7-12-22(21)30(38)41-18-39-4-2/h8-10,14-16H,3-7,11-13,17-18H2,1-2H3. The summed E-state index contributed by atoms with van der Waals surface area (Å²) in [4.78, 5) is 53.5. The molecule has 12 heteroatoms. The predicted octanol–water partition coefficient (Wildman–Crippen LogP) is 6.63. The van der Waals surface area contributed by atoms with Gasteiger partial charge in [0.1, 0.15) is 11.6 Å². The van der Waals surface area contributed by atoms with E-state index < -0.39 is 41.1 Å². The molecule has 1 aliphatic carbocycles. The van der Waals surface area contributed by atoms with Crippen LogP contribution in [-0.4, -0.2) is 49.5 Å². The van der Waals surface area contributed by atoms with Crippen LogP contribution in [0.5, 0.6) is 0 Å². The number of nitrogens with zero attached hydrogens (tertiary/aromatic N) is 1. The van der Waals surface area contributed by atoms with Crippen LogP contribution >= 0.6 is 23.4 Å². The fourth-order valence-corrected chi connectivity index (χ4v) is 5.20. The Balaban J connectivity index is 2.05. The van der Waals surface area contributed by atoms with Gasteiger partial charge in [0.05, 0.1) is 23.1 Å². The first-order valence-corrected chi connectivity index (χ1v) is 14.9. The summed E-state index contributed by atoms with van der Waals surface area (Å²) in [6, 6.07) is 6.71. The second-order valence-electron chi connectivity index (χ2n) is 9.26. The Morgan fingerprint density at radius 2 is 1.71 bits per heavy atom. The number of amides is 2. The molecule has 0 spiro atoms. The highest BCUT2D eigenvalue weighted by Crippen LogP contribution is 2.36. The van der Waals surface area contributed by atoms with Gasteiger partial charge in [-0.1, -0.05) is 31.0 Å². The highest BCUT2D eigenvalue weighted by Gasteiger charge is 2.34. The van der Waals surface area contributed by atoms with E-state index in [2.05, 4.69) is 0 Å². The number of hydrogen-bond donors (Lipinski definition) is 0. The third kappa shape index (κ3) is 8.86. The van der Waals surface area contributed by atoms with Crippen molar-refractivity contribution in [2.45, 2.75) is 57.3 Å². The molecule has 8 nitrogen and oxygen atoms in total. The summed E-state index contributed by atoms with van der Waals surface area (Å²) in [7, 11) is 0. The molecular formula is C30H32ClF2NO7S. The average molecular weight is 624 g/mol. The first kappa shape index (κ1) is 33.2. The zero-order valence-electron chi connectivity index (χ0n) is 23.4. The lowest BCUT2D eigenvalue weighted by Crippen LogP contribution is -2.40. The number of benzene rings is 2. The number of rotatable bonds is 13. The van der Waals surface area contributed by atoms with Crippen LogP contribution < -0.4 is 4.90 Å². The van der Waals surface area contributed by atoms with Gasteiger partial charge >= 0.3 is 11.9 Å². The number of thioether (sulfide) groups is 1. The van der Waals surface area contributed by atoms with Gasteiger partial charge in [-0.25, -0.2) is 18.5 Å². The summed E-state index contributed by atoms with van der Waals surface area (Å²) in [5.74, 6) is -5.16. The van der Waals surface area contributed by atoms with Crippen molar-refractivity contribution in [2.75, 3.05) is 30.7 Å². The fourth-order valence-electron chi connectivity index (χ4n) is 4.14. The highest BCUT2D eigenvalue weighted by molar-refractivity contribution is 8.00. The summed E-state index contributed by atoms with van der Waals surface area (Å²) in [6.07, 6.45) is 3.02. The minimum atomic E-state index is -1.02. The third-order valence-corrected chi connectivity index (χ3v) is 7.73. The average Bonchev–Trinajstić information content (AvgIpc) is 2.97. The normalized spacial score (nSPS) is 13.1. The molecule has 0 saturated carbocycles. The molecule has 3 rings (SSSR count). The summed E-state index contributed by atoms with van der Waals surface area (Å²) in [6.45, 7) is 3.92. The number of imide groups is 1. The summed E-state index contributed by atoms with van der Waals surface area (Å²) in [5.41, 5.74) is -0.652. The molecule has 1 aliphatic rings. The van der Waals surface area contributed by atoms with Gasteiger partial charge in [0, 0.05) is 28.2 Å². The van der Waals surface area contributed by atoms with Gasteiger partial charge < -0.3 is 14.2 Å². The van der Waals surface area contributed by atoms with Gasteiger partial charge in [-0.3, -0.25) is 14.4 Å². The van der Waals surface area contributed by atoms with Crippen molar-refractivity contribution in [3.05, 3.63) is 69.8 Å². The molecule has 0 bridgehead atoms. The first-order valence-electron chi connectivity index (χ1n) is 13.6. The fraction of sp³-hybridized carbons (Fsp3) is 0.400. The lowest BCUT2D eigenvalue weighted by molar-refractivity contribution is -0.151. The molecule has 0 aliphatic heterocycles.